The average molecular weight is 880 g/mol. The third-order valence-corrected chi connectivity index (χ3v) is 13.2. The first-order chi connectivity index (χ1) is 31.9. The van der Waals surface area contributed by atoms with Gasteiger partial charge in [-0.1, -0.05) is 109 Å². The van der Waals surface area contributed by atoms with E-state index >= 15 is 0 Å². The number of benzene rings is 4. The number of hydrogen-bond donors (Lipinski definition) is 2. The zero-order valence-corrected chi connectivity index (χ0v) is 37.5. The van der Waals surface area contributed by atoms with Gasteiger partial charge in [-0.25, -0.2) is 4.79 Å². The minimum atomic E-state index is -1.45. The first-order valence-corrected chi connectivity index (χ1v) is 23.0. The predicted octanol–water partition coefficient (Wildman–Crippen LogP) is 10.2. The first-order valence-electron chi connectivity index (χ1n) is 23.0. The highest BCUT2D eigenvalue weighted by Crippen LogP contribution is 2.62. The highest BCUT2D eigenvalue weighted by atomic mass is 16.7. The lowest BCUT2D eigenvalue weighted by Crippen LogP contribution is -2.70. The number of amides is 1. The fraction of sp³-hybridized carbons (Fsp3) is 0.389. The molecule has 2 heterocycles. The van der Waals surface area contributed by atoms with Crippen molar-refractivity contribution in [1.29, 1.82) is 0 Å². The number of unbranched alkanes of at least 4 members (excludes halogenated alkanes) is 2. The van der Waals surface area contributed by atoms with Crippen LogP contribution in [0.15, 0.2) is 139 Å². The molecular weight excluding hydrogens is 819 g/mol. The van der Waals surface area contributed by atoms with Crippen molar-refractivity contribution < 1.29 is 38.8 Å². The Hall–Kier alpha value is -6.01. The van der Waals surface area contributed by atoms with Crippen LogP contribution in [-0.4, -0.2) is 70.7 Å². The summed E-state index contributed by atoms with van der Waals surface area (Å²) in [7, 11) is 1.41. The highest BCUT2D eigenvalue weighted by molar-refractivity contribution is 6.03. The Kier molecular flexibility index (Phi) is 14.9. The van der Waals surface area contributed by atoms with Crippen molar-refractivity contribution in [3.63, 3.8) is 0 Å². The Bertz CT molecular complexity index is 2470. The van der Waals surface area contributed by atoms with Crippen molar-refractivity contribution in [3.05, 3.63) is 162 Å². The molecule has 5 aromatic rings. The number of aromatic nitrogens is 1. The molecule has 11 heteroatoms. The molecule has 0 radical (unpaired) electrons. The van der Waals surface area contributed by atoms with Crippen molar-refractivity contribution in [1.82, 2.24) is 9.88 Å². The maximum absolute atomic E-state index is 14.6. The molecule has 6 atom stereocenters. The largest absolute Gasteiger partial charge is 0.487 e. The van der Waals surface area contributed by atoms with Gasteiger partial charge >= 0.3 is 6.09 Å². The molecule has 1 amide bonds. The second-order valence-corrected chi connectivity index (χ2v) is 17.3. The standard InChI is InChI=1S/C54H61N3O8/c1-4-30-63-54-50(57(53(60)61-3)34-41-22-15-21-39-19-8-9-24-44(39)41)33-48(56-64-35-38-17-6-5-7-18-38)46-31-40(20-10-12-28-58)45(25-11-13-29-59)51(52(46)54)47-32-43(26-27-49(47)65-54)62-36-42-23-14-16-37(2)55-42/h4-9,14-19,21-24,26-27,31-32,40,45,50-52,58-59H,1,10-13,20,25,28-30,33-36H2,2-3H3. The molecule has 6 unspecified atom stereocenters. The number of fused-ring (bicyclic) bond motifs is 3. The fourth-order valence-electron chi connectivity index (χ4n) is 10.4. The first kappa shape index (κ1) is 45.6. The van der Waals surface area contributed by atoms with Crippen LogP contribution < -0.4 is 9.47 Å². The number of methoxy groups -OCH3 is 1. The summed E-state index contributed by atoms with van der Waals surface area (Å²) in [6.45, 7) is 7.13. The third-order valence-electron chi connectivity index (χ3n) is 13.2. The highest BCUT2D eigenvalue weighted by Gasteiger charge is 2.65. The van der Waals surface area contributed by atoms with Crippen LogP contribution in [0.1, 0.15) is 78.9 Å². The van der Waals surface area contributed by atoms with E-state index in [1.165, 1.54) is 7.11 Å². The van der Waals surface area contributed by atoms with Gasteiger partial charge in [-0.3, -0.25) is 9.88 Å². The van der Waals surface area contributed by atoms with Gasteiger partial charge in [0.05, 0.1) is 37.6 Å². The molecule has 0 saturated heterocycles. The fourth-order valence-corrected chi connectivity index (χ4v) is 10.4. The molecule has 2 N–H and O–H groups in total. The molecule has 11 nitrogen and oxygen atoms in total. The number of nitrogens with zero attached hydrogens (tertiary/aromatic N) is 3. The Morgan fingerprint density at radius 2 is 1.69 bits per heavy atom. The van der Waals surface area contributed by atoms with Gasteiger partial charge in [0.15, 0.2) is 0 Å². The van der Waals surface area contributed by atoms with Crippen LogP contribution in [-0.2, 0) is 34.1 Å². The number of hydrogen-bond acceptors (Lipinski definition) is 10. The van der Waals surface area contributed by atoms with Crippen LogP contribution in [0.2, 0.25) is 0 Å². The zero-order chi connectivity index (χ0) is 45.2. The molecular formula is C54H61N3O8. The summed E-state index contributed by atoms with van der Waals surface area (Å²) in [6, 6.07) is 35.3. The SMILES string of the molecule is C=CCOC12Oc3ccc(OCc4cccc(C)n4)cc3C3C(CCCCO)C(CCCCO)C=C(C(=NOCc4ccccc4)CC1N(Cc1cccc4ccccc14)C(=O)OC)C32. The molecule has 0 spiro atoms. The normalized spacial score (nSPS) is 22.6. The van der Waals surface area contributed by atoms with Gasteiger partial charge < -0.3 is 34.0 Å². The minimum Gasteiger partial charge on any atom is -0.487 e. The van der Waals surface area contributed by atoms with Gasteiger partial charge in [-0.05, 0) is 102 Å². The van der Waals surface area contributed by atoms with Crippen LogP contribution >= 0.6 is 0 Å². The average Bonchev–Trinajstić information content (AvgIpc) is 3.33. The number of pyridine rings is 1. The lowest BCUT2D eigenvalue weighted by molar-refractivity contribution is -0.256. The number of carbonyl (C=O) groups is 1. The van der Waals surface area contributed by atoms with E-state index in [-0.39, 0.29) is 63.8 Å². The predicted molar refractivity (Wildman–Crippen MR) is 251 cm³/mol. The summed E-state index contributed by atoms with van der Waals surface area (Å²) in [5.41, 5.74) is 6.29. The molecule has 1 aromatic heterocycles. The number of ether oxygens (including phenoxy) is 4. The number of aliphatic hydroxyl groups excluding tert-OH is 2. The van der Waals surface area contributed by atoms with Crippen LogP contribution in [0.25, 0.3) is 10.8 Å². The van der Waals surface area contributed by atoms with Gasteiger partial charge in [0.2, 0.25) is 5.79 Å². The summed E-state index contributed by atoms with van der Waals surface area (Å²) in [4.78, 5) is 27.2. The lowest BCUT2D eigenvalue weighted by atomic mass is 9.55. The number of carbonyl (C=O) groups excluding carboxylic acids is 1. The van der Waals surface area contributed by atoms with E-state index in [0.29, 0.717) is 30.1 Å². The van der Waals surface area contributed by atoms with E-state index < -0.39 is 23.8 Å². The summed E-state index contributed by atoms with van der Waals surface area (Å²) < 4.78 is 26.8. The molecule has 1 aliphatic heterocycles. The van der Waals surface area contributed by atoms with E-state index in [9.17, 15) is 15.0 Å². The summed E-state index contributed by atoms with van der Waals surface area (Å²) in [5.74, 6) is -0.726. The lowest BCUT2D eigenvalue weighted by Gasteiger charge is -2.59. The quantitative estimate of drug-likeness (QED) is 0.0445. The van der Waals surface area contributed by atoms with Gasteiger partial charge in [0.1, 0.15) is 30.8 Å². The molecule has 8 rings (SSSR count). The number of allylic oxidation sites excluding steroid dienone is 1. The van der Waals surface area contributed by atoms with Crippen molar-refractivity contribution in [2.75, 3.05) is 26.9 Å². The van der Waals surface area contributed by atoms with Gasteiger partial charge in [-0.15, -0.1) is 6.58 Å². The van der Waals surface area contributed by atoms with E-state index in [4.69, 9.17) is 28.9 Å². The molecule has 65 heavy (non-hydrogen) atoms. The van der Waals surface area contributed by atoms with Crippen molar-refractivity contribution in [2.45, 2.75) is 89.4 Å². The van der Waals surface area contributed by atoms with E-state index in [0.717, 1.165) is 70.1 Å². The van der Waals surface area contributed by atoms with E-state index in [1.54, 1.807) is 11.0 Å². The molecule has 1 fully saturated rings. The van der Waals surface area contributed by atoms with Crippen molar-refractivity contribution in [2.24, 2.45) is 22.9 Å². The Morgan fingerprint density at radius 3 is 2.48 bits per heavy atom. The van der Waals surface area contributed by atoms with Gasteiger partial charge in [0.25, 0.3) is 0 Å². The number of rotatable bonds is 20. The Morgan fingerprint density at radius 1 is 0.923 bits per heavy atom. The van der Waals surface area contributed by atoms with E-state index in [1.807, 2.05) is 91.9 Å². The molecule has 2 aliphatic carbocycles. The van der Waals surface area contributed by atoms with Gasteiger partial charge in [-0.2, -0.15) is 0 Å². The van der Waals surface area contributed by atoms with Crippen LogP contribution in [0, 0.1) is 24.7 Å². The second-order valence-electron chi connectivity index (χ2n) is 17.3. The topological polar surface area (TPSA) is 132 Å². The molecule has 1 saturated carbocycles. The number of aryl methyl sites for hydroxylation is 1. The second kappa shape index (κ2) is 21.3. The summed E-state index contributed by atoms with van der Waals surface area (Å²) >= 11 is 0. The minimum absolute atomic E-state index is 0.0481. The van der Waals surface area contributed by atoms with Crippen LogP contribution in [0.5, 0.6) is 11.5 Å². The summed E-state index contributed by atoms with van der Waals surface area (Å²) in [5, 5.41) is 27.1. The third kappa shape index (κ3) is 9.98. The smallest absolute Gasteiger partial charge is 0.410 e. The van der Waals surface area contributed by atoms with Crippen LogP contribution in [0.3, 0.4) is 0 Å². The maximum atomic E-state index is 14.6. The Balaban J connectivity index is 1.33. The maximum Gasteiger partial charge on any atom is 0.410 e. The number of aliphatic hydroxyl groups is 2. The van der Waals surface area contributed by atoms with Crippen molar-refractivity contribution in [3.8, 4) is 11.5 Å². The molecule has 0 bridgehead atoms. The Labute approximate surface area is 382 Å². The molecule has 340 valence electrons. The number of oxime groups is 1. The van der Waals surface area contributed by atoms with E-state index in [2.05, 4.69) is 41.9 Å². The summed E-state index contributed by atoms with van der Waals surface area (Å²) in [6.07, 6.45) is 8.38. The molecule has 4 aromatic carbocycles. The molecule has 3 aliphatic rings. The van der Waals surface area contributed by atoms with Gasteiger partial charge in [0, 0.05) is 36.8 Å². The zero-order valence-electron chi connectivity index (χ0n) is 37.5. The van der Waals surface area contributed by atoms with Crippen molar-refractivity contribution >= 4 is 22.6 Å². The van der Waals surface area contributed by atoms with Crippen LogP contribution in [0.4, 0.5) is 4.79 Å². The monoisotopic (exact) mass is 879 g/mol.